The Balaban J connectivity index is 1.77. The fourth-order valence-electron chi connectivity index (χ4n) is 2.67. The molecule has 0 spiro atoms. The summed E-state index contributed by atoms with van der Waals surface area (Å²) in [6.07, 6.45) is 0. The Hall–Kier alpha value is -2.52. The molecule has 0 aliphatic rings. The van der Waals surface area contributed by atoms with E-state index in [2.05, 4.69) is 47.8 Å². The lowest BCUT2D eigenvalue weighted by Gasteiger charge is -2.08. The van der Waals surface area contributed by atoms with Gasteiger partial charge in [-0.2, -0.15) is 0 Å². The van der Waals surface area contributed by atoms with Gasteiger partial charge in [-0.05, 0) is 36.4 Å². The quantitative estimate of drug-likeness (QED) is 0.516. The summed E-state index contributed by atoms with van der Waals surface area (Å²) in [6.45, 7) is 0. The Labute approximate surface area is 133 Å². The number of anilines is 2. The monoisotopic (exact) mass is 305 g/mol. The molecule has 0 radical (unpaired) electrons. The molecule has 0 aliphatic carbocycles. The van der Waals surface area contributed by atoms with Crippen molar-refractivity contribution in [2.45, 2.75) is 0 Å². The third-order valence-electron chi connectivity index (χ3n) is 3.74. The molecule has 1 aromatic heterocycles. The van der Waals surface area contributed by atoms with Gasteiger partial charge in [0, 0.05) is 37.6 Å². The molecule has 3 aromatic carbocycles. The van der Waals surface area contributed by atoms with Crippen molar-refractivity contribution in [1.29, 1.82) is 0 Å². The van der Waals surface area contributed by atoms with Gasteiger partial charge in [0.2, 0.25) is 0 Å². The Morgan fingerprint density at radius 3 is 2.50 bits per heavy atom. The van der Waals surface area contributed by atoms with Crippen LogP contribution in [-0.4, -0.2) is 7.11 Å². The van der Waals surface area contributed by atoms with E-state index in [4.69, 9.17) is 4.74 Å². The summed E-state index contributed by atoms with van der Waals surface area (Å²) in [7, 11) is 1.68. The molecule has 0 atom stereocenters. The minimum atomic E-state index is 0.854. The number of rotatable bonds is 3. The van der Waals surface area contributed by atoms with Crippen LogP contribution in [0.2, 0.25) is 0 Å². The maximum Gasteiger partial charge on any atom is 0.120 e. The lowest BCUT2D eigenvalue weighted by molar-refractivity contribution is 0.415. The number of hydrogen-bond donors (Lipinski definition) is 1. The molecule has 0 amide bonds. The molecule has 0 saturated carbocycles. The standard InChI is InChI=1S/C19H15NOS/c1-21-15-6-4-5-13(11-15)20-14-9-10-19-17(12-14)16-7-2-3-8-18(16)22-19/h2-12,20H,1H3. The van der Waals surface area contributed by atoms with Crippen molar-refractivity contribution in [1.82, 2.24) is 0 Å². The van der Waals surface area contributed by atoms with Gasteiger partial charge in [-0.15, -0.1) is 11.3 Å². The number of ether oxygens (including phenoxy) is 1. The van der Waals surface area contributed by atoms with Crippen LogP contribution in [0.3, 0.4) is 0 Å². The molecule has 1 heterocycles. The molecule has 2 nitrogen and oxygen atoms in total. The highest BCUT2D eigenvalue weighted by atomic mass is 32.1. The van der Waals surface area contributed by atoms with Crippen molar-refractivity contribution in [2.75, 3.05) is 12.4 Å². The van der Waals surface area contributed by atoms with Crippen LogP contribution in [0.15, 0.2) is 66.7 Å². The van der Waals surface area contributed by atoms with Crippen LogP contribution in [-0.2, 0) is 0 Å². The minimum Gasteiger partial charge on any atom is -0.497 e. The van der Waals surface area contributed by atoms with Gasteiger partial charge in [-0.25, -0.2) is 0 Å². The van der Waals surface area contributed by atoms with E-state index in [1.807, 2.05) is 35.6 Å². The second kappa shape index (κ2) is 5.35. The Morgan fingerprint density at radius 1 is 0.773 bits per heavy atom. The number of thiophene rings is 1. The summed E-state index contributed by atoms with van der Waals surface area (Å²) in [4.78, 5) is 0. The zero-order chi connectivity index (χ0) is 14.9. The Kier molecular flexibility index (Phi) is 3.20. The normalized spacial score (nSPS) is 11.0. The van der Waals surface area contributed by atoms with Crippen LogP contribution in [0.4, 0.5) is 11.4 Å². The molecule has 0 bridgehead atoms. The molecule has 108 valence electrons. The molecule has 0 unspecified atom stereocenters. The van der Waals surface area contributed by atoms with Gasteiger partial charge >= 0.3 is 0 Å². The van der Waals surface area contributed by atoms with Crippen molar-refractivity contribution in [3.63, 3.8) is 0 Å². The van der Waals surface area contributed by atoms with E-state index in [0.717, 1.165) is 17.1 Å². The van der Waals surface area contributed by atoms with Crippen LogP contribution in [0, 0.1) is 0 Å². The lowest BCUT2D eigenvalue weighted by atomic mass is 10.1. The van der Waals surface area contributed by atoms with Gasteiger partial charge in [-0.1, -0.05) is 24.3 Å². The third kappa shape index (κ3) is 2.30. The van der Waals surface area contributed by atoms with Crippen LogP contribution in [0.1, 0.15) is 0 Å². The topological polar surface area (TPSA) is 21.3 Å². The zero-order valence-corrected chi connectivity index (χ0v) is 13.0. The fraction of sp³-hybridized carbons (Fsp3) is 0.0526. The van der Waals surface area contributed by atoms with Crippen LogP contribution in [0.5, 0.6) is 5.75 Å². The molecule has 0 aliphatic heterocycles. The van der Waals surface area contributed by atoms with E-state index < -0.39 is 0 Å². The van der Waals surface area contributed by atoms with Gasteiger partial charge in [0.05, 0.1) is 7.11 Å². The molecular weight excluding hydrogens is 290 g/mol. The van der Waals surface area contributed by atoms with Gasteiger partial charge < -0.3 is 10.1 Å². The lowest BCUT2D eigenvalue weighted by Crippen LogP contribution is -1.90. The first-order valence-electron chi connectivity index (χ1n) is 7.16. The summed E-state index contributed by atoms with van der Waals surface area (Å²) in [5, 5.41) is 6.07. The molecular formula is C19H15NOS. The van der Waals surface area contributed by atoms with E-state index in [0.29, 0.717) is 0 Å². The van der Waals surface area contributed by atoms with Crippen molar-refractivity contribution >= 4 is 42.9 Å². The van der Waals surface area contributed by atoms with Crippen molar-refractivity contribution in [3.8, 4) is 5.75 Å². The molecule has 4 aromatic rings. The molecule has 0 saturated heterocycles. The average Bonchev–Trinajstić information content (AvgIpc) is 2.93. The number of methoxy groups -OCH3 is 1. The summed E-state index contributed by atoms with van der Waals surface area (Å²) >= 11 is 1.83. The maximum atomic E-state index is 5.27. The first-order chi connectivity index (χ1) is 10.8. The van der Waals surface area contributed by atoms with Gasteiger partial charge in [-0.3, -0.25) is 0 Å². The van der Waals surface area contributed by atoms with E-state index in [1.54, 1.807) is 7.11 Å². The summed E-state index contributed by atoms with van der Waals surface area (Å²) in [5.41, 5.74) is 2.11. The Bertz CT molecular complexity index is 958. The number of fused-ring (bicyclic) bond motifs is 3. The average molecular weight is 305 g/mol. The summed E-state index contributed by atoms with van der Waals surface area (Å²) in [6, 6.07) is 23.0. The van der Waals surface area contributed by atoms with Crippen LogP contribution < -0.4 is 10.1 Å². The van der Waals surface area contributed by atoms with E-state index in [9.17, 15) is 0 Å². The third-order valence-corrected chi connectivity index (χ3v) is 4.89. The Morgan fingerprint density at radius 2 is 1.59 bits per heavy atom. The summed E-state index contributed by atoms with van der Waals surface area (Å²) in [5.74, 6) is 0.854. The van der Waals surface area contributed by atoms with Gasteiger partial charge in [0.1, 0.15) is 5.75 Å². The van der Waals surface area contributed by atoms with E-state index in [-0.39, 0.29) is 0 Å². The first-order valence-corrected chi connectivity index (χ1v) is 7.97. The molecule has 22 heavy (non-hydrogen) atoms. The molecule has 4 rings (SSSR count). The minimum absolute atomic E-state index is 0.854. The van der Waals surface area contributed by atoms with Crippen LogP contribution in [0.25, 0.3) is 20.2 Å². The molecule has 0 fully saturated rings. The second-order valence-electron chi connectivity index (χ2n) is 5.17. The van der Waals surface area contributed by atoms with Gasteiger partial charge in [0.25, 0.3) is 0 Å². The van der Waals surface area contributed by atoms with Crippen molar-refractivity contribution < 1.29 is 4.74 Å². The SMILES string of the molecule is COc1cccc(Nc2ccc3sc4ccccc4c3c2)c1. The summed E-state index contributed by atoms with van der Waals surface area (Å²) < 4.78 is 7.92. The molecule has 3 heteroatoms. The van der Waals surface area contributed by atoms with Crippen molar-refractivity contribution in [2.24, 2.45) is 0 Å². The molecule has 1 N–H and O–H groups in total. The largest absolute Gasteiger partial charge is 0.497 e. The predicted octanol–water partition coefficient (Wildman–Crippen LogP) is 5.81. The van der Waals surface area contributed by atoms with Gasteiger partial charge in [0.15, 0.2) is 0 Å². The highest BCUT2D eigenvalue weighted by molar-refractivity contribution is 7.25. The van der Waals surface area contributed by atoms with E-state index >= 15 is 0 Å². The van der Waals surface area contributed by atoms with E-state index in [1.165, 1.54) is 20.2 Å². The maximum absolute atomic E-state index is 5.27. The highest BCUT2D eigenvalue weighted by Gasteiger charge is 2.05. The highest BCUT2D eigenvalue weighted by Crippen LogP contribution is 2.35. The predicted molar refractivity (Wildman–Crippen MR) is 95.6 cm³/mol. The smallest absolute Gasteiger partial charge is 0.120 e. The first kappa shape index (κ1) is 13.2. The number of hydrogen-bond acceptors (Lipinski definition) is 3. The van der Waals surface area contributed by atoms with Crippen molar-refractivity contribution in [3.05, 3.63) is 66.7 Å². The zero-order valence-electron chi connectivity index (χ0n) is 12.2. The number of nitrogens with one attached hydrogen (secondary N) is 1. The number of benzene rings is 3. The second-order valence-corrected chi connectivity index (χ2v) is 6.25. The fourth-order valence-corrected chi connectivity index (χ4v) is 3.76. The van der Waals surface area contributed by atoms with Crippen LogP contribution >= 0.6 is 11.3 Å².